The highest BCUT2D eigenvalue weighted by Crippen LogP contribution is 2.11. The zero-order valence-corrected chi connectivity index (χ0v) is 12.0. The third kappa shape index (κ3) is 4.33. The van der Waals surface area contributed by atoms with Gasteiger partial charge in [-0.3, -0.25) is 9.88 Å². The van der Waals surface area contributed by atoms with Crippen LogP contribution in [-0.2, 0) is 11.3 Å². The molecule has 1 aromatic heterocycles. The number of nitrogens with zero attached hydrogens (tertiary/aromatic N) is 2. The number of thiocarbonyl (C=S) groups is 1. The Morgan fingerprint density at radius 3 is 2.83 bits per heavy atom. The second kappa shape index (κ2) is 7.41. The molecule has 5 heteroatoms. The Morgan fingerprint density at radius 1 is 1.56 bits per heavy atom. The molecule has 1 heterocycles. The molecule has 0 saturated carbocycles. The van der Waals surface area contributed by atoms with Crippen molar-refractivity contribution in [1.82, 2.24) is 9.88 Å². The van der Waals surface area contributed by atoms with Crippen LogP contribution >= 0.6 is 12.2 Å². The van der Waals surface area contributed by atoms with Gasteiger partial charge in [0, 0.05) is 32.4 Å². The summed E-state index contributed by atoms with van der Waals surface area (Å²) in [6.07, 6.45) is 1.72. The first-order valence-electron chi connectivity index (χ1n) is 6.03. The average Bonchev–Trinajstić information content (AvgIpc) is 2.34. The smallest absolute Gasteiger partial charge is 0.123 e. The summed E-state index contributed by atoms with van der Waals surface area (Å²) in [5, 5.41) is 0. The largest absolute Gasteiger partial charge is 0.388 e. The van der Waals surface area contributed by atoms with Gasteiger partial charge in [-0.25, -0.2) is 0 Å². The van der Waals surface area contributed by atoms with Gasteiger partial charge < -0.3 is 10.5 Å². The first kappa shape index (κ1) is 15.0. The van der Waals surface area contributed by atoms with Crippen LogP contribution in [0.4, 0.5) is 0 Å². The van der Waals surface area contributed by atoms with E-state index in [-0.39, 0.29) is 0 Å². The molecule has 0 spiro atoms. The van der Waals surface area contributed by atoms with Gasteiger partial charge in [0.1, 0.15) is 10.7 Å². The van der Waals surface area contributed by atoms with Gasteiger partial charge in [-0.1, -0.05) is 18.3 Å². The monoisotopic (exact) mass is 267 g/mol. The second-order valence-corrected chi connectivity index (χ2v) is 4.87. The number of pyridine rings is 1. The van der Waals surface area contributed by atoms with E-state index >= 15 is 0 Å². The topological polar surface area (TPSA) is 51.4 Å². The summed E-state index contributed by atoms with van der Waals surface area (Å²) in [7, 11) is 1.71. The zero-order chi connectivity index (χ0) is 13.5. The van der Waals surface area contributed by atoms with Crippen LogP contribution in [0.2, 0.25) is 0 Å². The van der Waals surface area contributed by atoms with E-state index in [4.69, 9.17) is 22.7 Å². The number of ether oxygens (including phenoxy) is 1. The molecule has 0 unspecified atom stereocenters. The molecule has 0 aliphatic rings. The molecule has 1 aromatic rings. The van der Waals surface area contributed by atoms with Gasteiger partial charge >= 0.3 is 0 Å². The van der Waals surface area contributed by atoms with Gasteiger partial charge in [0.05, 0.1) is 6.61 Å². The highest BCUT2D eigenvalue weighted by molar-refractivity contribution is 7.80. The molecule has 0 amide bonds. The first-order chi connectivity index (χ1) is 8.56. The summed E-state index contributed by atoms with van der Waals surface area (Å²) in [5.74, 6) is 0. The zero-order valence-electron chi connectivity index (χ0n) is 11.2. The summed E-state index contributed by atoms with van der Waals surface area (Å²) in [6, 6.07) is 4.36. The Morgan fingerprint density at radius 2 is 2.28 bits per heavy atom. The molecule has 0 aromatic carbocycles. The average molecular weight is 267 g/mol. The van der Waals surface area contributed by atoms with E-state index in [9.17, 15) is 0 Å². The predicted molar refractivity (Wildman–Crippen MR) is 77.5 cm³/mol. The highest BCUT2D eigenvalue weighted by Gasteiger charge is 2.13. The number of aromatic nitrogens is 1. The molecule has 0 radical (unpaired) electrons. The van der Waals surface area contributed by atoms with Crippen molar-refractivity contribution in [1.29, 1.82) is 0 Å². The predicted octanol–water partition coefficient (Wildman–Crippen LogP) is 1.57. The van der Waals surface area contributed by atoms with Crippen molar-refractivity contribution in [2.45, 2.75) is 26.4 Å². The van der Waals surface area contributed by atoms with Crippen molar-refractivity contribution in [2.24, 2.45) is 5.73 Å². The standard InChI is InChI=1S/C13H21N3OS/c1-10(2)16(7-8-17-3)9-11-5-4-6-15-12(11)13(14)18/h4-6,10H,7-9H2,1-3H3,(H2,14,18). The number of hydrogen-bond acceptors (Lipinski definition) is 4. The summed E-state index contributed by atoms with van der Waals surface area (Å²) in [4.78, 5) is 6.90. The molecule has 1 rings (SSSR count). The minimum Gasteiger partial charge on any atom is -0.388 e. The molecule has 0 aliphatic carbocycles. The Balaban J connectivity index is 2.83. The lowest BCUT2D eigenvalue weighted by atomic mass is 10.1. The van der Waals surface area contributed by atoms with Gasteiger partial charge in [0.2, 0.25) is 0 Å². The lowest BCUT2D eigenvalue weighted by Crippen LogP contribution is -2.34. The van der Waals surface area contributed by atoms with E-state index in [1.165, 1.54) is 0 Å². The van der Waals surface area contributed by atoms with E-state index < -0.39 is 0 Å². The first-order valence-corrected chi connectivity index (χ1v) is 6.43. The molecule has 0 saturated heterocycles. The van der Waals surface area contributed by atoms with Gasteiger partial charge in [-0.15, -0.1) is 0 Å². The SMILES string of the molecule is COCCN(Cc1cccnc1C(N)=S)C(C)C. The Kier molecular flexibility index (Phi) is 6.18. The van der Waals surface area contributed by atoms with Crippen molar-refractivity contribution < 1.29 is 4.74 Å². The molecule has 0 aliphatic heterocycles. The molecule has 18 heavy (non-hydrogen) atoms. The number of nitrogens with two attached hydrogens (primary N) is 1. The van der Waals surface area contributed by atoms with Crippen LogP contribution in [0.3, 0.4) is 0 Å². The number of methoxy groups -OCH3 is 1. The van der Waals surface area contributed by atoms with Gasteiger partial charge in [0.15, 0.2) is 0 Å². The summed E-state index contributed by atoms with van der Waals surface area (Å²) in [6.45, 7) is 6.68. The van der Waals surface area contributed by atoms with E-state index in [0.717, 1.165) is 24.3 Å². The number of rotatable bonds is 7. The van der Waals surface area contributed by atoms with Crippen molar-refractivity contribution >= 4 is 17.2 Å². The molecular formula is C13H21N3OS. The minimum atomic E-state index is 0.348. The van der Waals surface area contributed by atoms with Crippen LogP contribution < -0.4 is 5.73 Å². The minimum absolute atomic E-state index is 0.348. The Bertz CT molecular complexity index is 396. The van der Waals surface area contributed by atoms with Crippen LogP contribution in [0.25, 0.3) is 0 Å². The molecule has 0 fully saturated rings. The maximum Gasteiger partial charge on any atom is 0.123 e. The van der Waals surface area contributed by atoms with Crippen molar-refractivity contribution in [3.8, 4) is 0 Å². The summed E-state index contributed by atoms with van der Waals surface area (Å²) >= 11 is 5.03. The molecule has 100 valence electrons. The van der Waals surface area contributed by atoms with Crippen molar-refractivity contribution in [3.63, 3.8) is 0 Å². The van der Waals surface area contributed by atoms with E-state index in [0.29, 0.717) is 17.6 Å². The Labute approximate surface area is 114 Å². The van der Waals surface area contributed by atoms with Crippen LogP contribution in [-0.4, -0.2) is 41.2 Å². The molecule has 0 atom stereocenters. The molecule has 0 bridgehead atoms. The van der Waals surface area contributed by atoms with Gasteiger partial charge in [-0.05, 0) is 25.5 Å². The van der Waals surface area contributed by atoms with Crippen LogP contribution in [0.5, 0.6) is 0 Å². The van der Waals surface area contributed by atoms with Crippen LogP contribution in [0.15, 0.2) is 18.3 Å². The van der Waals surface area contributed by atoms with E-state index in [1.54, 1.807) is 13.3 Å². The van der Waals surface area contributed by atoms with E-state index in [2.05, 4.69) is 23.7 Å². The Hall–Kier alpha value is -1.04. The highest BCUT2D eigenvalue weighted by atomic mass is 32.1. The van der Waals surface area contributed by atoms with Crippen LogP contribution in [0.1, 0.15) is 25.1 Å². The molecule has 4 nitrogen and oxygen atoms in total. The maximum absolute atomic E-state index is 5.69. The molecular weight excluding hydrogens is 246 g/mol. The third-order valence-electron chi connectivity index (χ3n) is 2.81. The quantitative estimate of drug-likeness (QED) is 0.760. The van der Waals surface area contributed by atoms with Crippen LogP contribution in [0, 0.1) is 0 Å². The third-order valence-corrected chi connectivity index (χ3v) is 3.00. The fraction of sp³-hybridized carbons (Fsp3) is 0.538. The van der Waals surface area contributed by atoms with Gasteiger partial charge in [-0.2, -0.15) is 0 Å². The maximum atomic E-state index is 5.69. The lowest BCUT2D eigenvalue weighted by Gasteiger charge is -2.26. The summed E-state index contributed by atoms with van der Waals surface area (Å²) in [5.41, 5.74) is 7.48. The summed E-state index contributed by atoms with van der Waals surface area (Å²) < 4.78 is 5.13. The lowest BCUT2D eigenvalue weighted by molar-refractivity contribution is 0.125. The number of hydrogen-bond donors (Lipinski definition) is 1. The fourth-order valence-electron chi connectivity index (χ4n) is 1.74. The van der Waals surface area contributed by atoms with Gasteiger partial charge in [0.25, 0.3) is 0 Å². The normalized spacial score (nSPS) is 11.2. The van der Waals surface area contributed by atoms with Crippen molar-refractivity contribution in [3.05, 3.63) is 29.6 Å². The second-order valence-electron chi connectivity index (χ2n) is 4.43. The fourth-order valence-corrected chi connectivity index (χ4v) is 1.92. The van der Waals surface area contributed by atoms with Crippen molar-refractivity contribution in [2.75, 3.05) is 20.3 Å². The molecule has 2 N–H and O–H groups in total. The van der Waals surface area contributed by atoms with E-state index in [1.807, 2.05) is 12.1 Å².